The van der Waals surface area contributed by atoms with E-state index in [1.807, 2.05) is 0 Å². The molecule has 0 radical (unpaired) electrons. The Balaban J connectivity index is 3.44. The molecule has 0 aromatic heterocycles. The summed E-state index contributed by atoms with van der Waals surface area (Å²) in [5.74, 6) is -0.778. The molecule has 56 valence electrons. The van der Waals surface area contributed by atoms with Crippen LogP contribution in [0.2, 0.25) is 0 Å². The van der Waals surface area contributed by atoms with Crippen molar-refractivity contribution in [2.75, 3.05) is 0 Å². The number of nitrogens with zero attached hydrogens (tertiary/aromatic N) is 1. The normalized spacial score (nSPS) is 9.18. The quantitative estimate of drug-likeness (QED) is 0.722. The van der Waals surface area contributed by atoms with Gasteiger partial charge in [-0.3, -0.25) is 0 Å². The lowest BCUT2D eigenvalue weighted by atomic mass is 10.2. The van der Waals surface area contributed by atoms with Gasteiger partial charge in [-0.1, -0.05) is 0 Å². The molecule has 11 heavy (non-hydrogen) atoms. The van der Waals surface area contributed by atoms with Crippen LogP contribution in [0.25, 0.3) is 0 Å². The third-order valence-electron chi connectivity index (χ3n) is 1.18. The summed E-state index contributed by atoms with van der Waals surface area (Å²) in [4.78, 5) is 0. The SMILES string of the molecule is N#Cc1c(F)ccc(O)c1Br. The number of aromatic hydroxyl groups is 1. The summed E-state index contributed by atoms with van der Waals surface area (Å²) in [6.45, 7) is 0. The lowest BCUT2D eigenvalue weighted by Crippen LogP contribution is -1.84. The number of benzene rings is 1. The molecule has 1 aromatic rings. The summed E-state index contributed by atoms with van der Waals surface area (Å²) in [7, 11) is 0. The molecule has 1 aromatic carbocycles. The zero-order chi connectivity index (χ0) is 8.43. The number of phenolic OH excluding ortho intramolecular Hbond substituents is 1. The summed E-state index contributed by atoms with van der Waals surface area (Å²) in [6, 6.07) is 3.84. The second-order valence-corrected chi connectivity index (χ2v) is 2.66. The van der Waals surface area contributed by atoms with Crippen molar-refractivity contribution in [3.63, 3.8) is 0 Å². The topological polar surface area (TPSA) is 44.0 Å². The van der Waals surface area contributed by atoms with Crippen LogP contribution in [0.15, 0.2) is 16.6 Å². The van der Waals surface area contributed by atoms with E-state index in [1.165, 1.54) is 6.07 Å². The monoisotopic (exact) mass is 215 g/mol. The summed E-state index contributed by atoms with van der Waals surface area (Å²) in [5, 5.41) is 17.4. The van der Waals surface area contributed by atoms with Crippen molar-refractivity contribution < 1.29 is 9.50 Å². The lowest BCUT2D eigenvalue weighted by molar-refractivity contribution is 0.469. The minimum absolute atomic E-state index is 0.0972. The molecule has 1 N–H and O–H groups in total. The molecule has 0 bridgehead atoms. The molecule has 0 fully saturated rings. The van der Waals surface area contributed by atoms with Gasteiger partial charge in [-0.15, -0.1) is 0 Å². The van der Waals surface area contributed by atoms with Crippen LogP contribution < -0.4 is 0 Å². The van der Waals surface area contributed by atoms with Crippen LogP contribution in [0.3, 0.4) is 0 Å². The number of hydrogen-bond acceptors (Lipinski definition) is 2. The Labute approximate surface area is 71.0 Å². The van der Waals surface area contributed by atoms with Crippen molar-refractivity contribution in [3.8, 4) is 11.8 Å². The van der Waals surface area contributed by atoms with E-state index in [0.29, 0.717) is 0 Å². The van der Waals surface area contributed by atoms with Crippen molar-refractivity contribution in [1.29, 1.82) is 5.26 Å². The molecule has 0 aliphatic carbocycles. The van der Waals surface area contributed by atoms with Crippen molar-refractivity contribution in [2.24, 2.45) is 0 Å². The summed E-state index contributed by atoms with van der Waals surface area (Å²) in [5.41, 5.74) is -0.176. The zero-order valence-electron chi connectivity index (χ0n) is 5.31. The van der Waals surface area contributed by atoms with Crippen molar-refractivity contribution >= 4 is 15.9 Å². The highest BCUT2D eigenvalue weighted by Gasteiger charge is 2.09. The first-order chi connectivity index (χ1) is 5.16. The van der Waals surface area contributed by atoms with Crippen molar-refractivity contribution in [1.82, 2.24) is 0 Å². The number of nitriles is 1. The Bertz CT molecular complexity index is 332. The Morgan fingerprint density at radius 2 is 2.18 bits per heavy atom. The predicted molar refractivity (Wildman–Crippen MR) is 40.5 cm³/mol. The van der Waals surface area contributed by atoms with Crippen molar-refractivity contribution in [3.05, 3.63) is 28.0 Å². The van der Waals surface area contributed by atoms with E-state index < -0.39 is 5.82 Å². The van der Waals surface area contributed by atoms with E-state index in [9.17, 15) is 4.39 Å². The average Bonchev–Trinajstić information content (AvgIpc) is 1.99. The number of rotatable bonds is 0. The fraction of sp³-hybridized carbons (Fsp3) is 0. The fourth-order valence-electron chi connectivity index (χ4n) is 0.644. The Hall–Kier alpha value is -1.08. The van der Waals surface area contributed by atoms with Gasteiger partial charge in [0.1, 0.15) is 23.2 Å². The van der Waals surface area contributed by atoms with Gasteiger partial charge >= 0.3 is 0 Å². The smallest absolute Gasteiger partial charge is 0.142 e. The largest absolute Gasteiger partial charge is 0.507 e. The van der Waals surface area contributed by atoms with E-state index in [4.69, 9.17) is 10.4 Å². The van der Waals surface area contributed by atoms with E-state index in [2.05, 4.69) is 15.9 Å². The van der Waals surface area contributed by atoms with Gasteiger partial charge in [-0.2, -0.15) is 5.26 Å². The van der Waals surface area contributed by atoms with Crippen LogP contribution in [0.5, 0.6) is 5.75 Å². The maximum Gasteiger partial charge on any atom is 0.142 e. The molecule has 0 unspecified atom stereocenters. The first kappa shape index (κ1) is 8.02. The third kappa shape index (κ3) is 1.33. The van der Waals surface area contributed by atoms with Crippen LogP contribution in [0, 0.1) is 17.1 Å². The highest BCUT2D eigenvalue weighted by atomic mass is 79.9. The molecule has 0 aliphatic rings. The molecule has 0 saturated carbocycles. The molecule has 0 atom stereocenters. The van der Waals surface area contributed by atoms with Gasteiger partial charge in [0.15, 0.2) is 0 Å². The minimum Gasteiger partial charge on any atom is -0.507 e. The summed E-state index contributed by atoms with van der Waals surface area (Å²) < 4.78 is 12.8. The van der Waals surface area contributed by atoms with Crippen LogP contribution in [-0.4, -0.2) is 5.11 Å². The first-order valence-corrected chi connectivity index (χ1v) is 3.53. The van der Waals surface area contributed by atoms with Crippen LogP contribution >= 0.6 is 15.9 Å². The van der Waals surface area contributed by atoms with E-state index in [1.54, 1.807) is 6.07 Å². The molecule has 0 aliphatic heterocycles. The Morgan fingerprint density at radius 1 is 1.55 bits per heavy atom. The van der Waals surface area contributed by atoms with Gasteiger partial charge in [0.25, 0.3) is 0 Å². The van der Waals surface area contributed by atoms with Crippen LogP contribution in [0.1, 0.15) is 5.56 Å². The molecule has 1 rings (SSSR count). The van der Waals surface area contributed by atoms with Gasteiger partial charge in [-0.05, 0) is 28.1 Å². The van der Waals surface area contributed by atoms with Crippen LogP contribution in [0.4, 0.5) is 4.39 Å². The zero-order valence-corrected chi connectivity index (χ0v) is 6.89. The fourth-order valence-corrected chi connectivity index (χ4v) is 1.05. The lowest BCUT2D eigenvalue weighted by Gasteiger charge is -1.98. The second-order valence-electron chi connectivity index (χ2n) is 1.87. The number of hydrogen-bond donors (Lipinski definition) is 1. The molecule has 2 nitrogen and oxygen atoms in total. The Kier molecular flexibility index (Phi) is 2.11. The number of phenols is 1. The molecular weight excluding hydrogens is 213 g/mol. The number of halogens is 2. The second kappa shape index (κ2) is 2.89. The van der Waals surface area contributed by atoms with Gasteiger partial charge in [0, 0.05) is 0 Å². The maximum absolute atomic E-state index is 12.7. The van der Waals surface area contributed by atoms with Crippen LogP contribution in [-0.2, 0) is 0 Å². The van der Waals surface area contributed by atoms with Gasteiger partial charge < -0.3 is 5.11 Å². The first-order valence-electron chi connectivity index (χ1n) is 2.74. The minimum atomic E-state index is -0.642. The standard InChI is InChI=1S/C7H3BrFNO/c8-7-4(3-10)5(9)1-2-6(7)11/h1-2,11H. The van der Waals surface area contributed by atoms with Crippen molar-refractivity contribution in [2.45, 2.75) is 0 Å². The van der Waals surface area contributed by atoms with Gasteiger partial charge in [0.2, 0.25) is 0 Å². The van der Waals surface area contributed by atoms with E-state index in [-0.39, 0.29) is 15.8 Å². The highest BCUT2D eigenvalue weighted by molar-refractivity contribution is 9.10. The molecular formula is C7H3BrFNO. The summed E-state index contributed by atoms with van der Waals surface area (Å²) in [6.07, 6.45) is 0. The Morgan fingerprint density at radius 3 is 2.64 bits per heavy atom. The molecule has 4 heteroatoms. The average molecular weight is 216 g/mol. The van der Waals surface area contributed by atoms with Gasteiger partial charge in [0.05, 0.1) is 4.47 Å². The molecule has 0 saturated heterocycles. The molecule has 0 amide bonds. The maximum atomic E-state index is 12.7. The molecule has 0 spiro atoms. The third-order valence-corrected chi connectivity index (χ3v) is 1.99. The van der Waals surface area contributed by atoms with E-state index in [0.717, 1.165) is 6.07 Å². The van der Waals surface area contributed by atoms with Gasteiger partial charge in [-0.25, -0.2) is 4.39 Å². The summed E-state index contributed by atoms with van der Waals surface area (Å²) >= 11 is 2.88. The molecule has 0 heterocycles. The predicted octanol–water partition coefficient (Wildman–Crippen LogP) is 2.17. The highest BCUT2D eigenvalue weighted by Crippen LogP contribution is 2.28. The van der Waals surface area contributed by atoms with E-state index >= 15 is 0 Å².